The molecular formula is C20H27N3. The Balaban J connectivity index is 2.24. The molecule has 0 spiro atoms. The molecule has 1 atom stereocenters. The molecule has 3 rings (SSSR count). The van der Waals surface area contributed by atoms with E-state index in [4.69, 9.17) is 17.2 Å². The van der Waals surface area contributed by atoms with E-state index >= 15 is 0 Å². The van der Waals surface area contributed by atoms with Gasteiger partial charge in [0, 0.05) is 23.3 Å². The van der Waals surface area contributed by atoms with Gasteiger partial charge in [-0.1, -0.05) is 39.0 Å². The van der Waals surface area contributed by atoms with Gasteiger partial charge in [0.25, 0.3) is 0 Å². The van der Waals surface area contributed by atoms with E-state index in [2.05, 4.69) is 58.0 Å². The molecule has 0 fully saturated rings. The van der Waals surface area contributed by atoms with Crippen LogP contribution in [0.1, 0.15) is 55.0 Å². The van der Waals surface area contributed by atoms with Gasteiger partial charge in [0.1, 0.15) is 0 Å². The van der Waals surface area contributed by atoms with E-state index in [9.17, 15) is 0 Å². The zero-order chi connectivity index (χ0) is 17.0. The van der Waals surface area contributed by atoms with E-state index in [0.717, 1.165) is 23.4 Å². The zero-order valence-electron chi connectivity index (χ0n) is 14.5. The van der Waals surface area contributed by atoms with Crippen molar-refractivity contribution in [1.29, 1.82) is 0 Å². The standard InChI is InChI=1S/C20H27N3/c1-12-7-15-18(17(23)8-12)19(2,3)11-20(15,4)14-6-5-13(10-21)16(22)9-14/h5-9H,10-11,21-23H2,1-4H3. The molecule has 122 valence electrons. The van der Waals surface area contributed by atoms with Gasteiger partial charge in [-0.2, -0.15) is 0 Å². The highest BCUT2D eigenvalue weighted by molar-refractivity contribution is 5.65. The van der Waals surface area contributed by atoms with E-state index in [1.807, 2.05) is 0 Å². The largest absolute Gasteiger partial charge is 0.398 e. The van der Waals surface area contributed by atoms with Gasteiger partial charge in [-0.3, -0.25) is 0 Å². The van der Waals surface area contributed by atoms with E-state index < -0.39 is 0 Å². The monoisotopic (exact) mass is 309 g/mol. The third-order valence-corrected chi connectivity index (χ3v) is 5.38. The number of rotatable bonds is 2. The topological polar surface area (TPSA) is 78.1 Å². The average Bonchev–Trinajstić information content (AvgIpc) is 2.66. The Morgan fingerprint density at radius 2 is 1.70 bits per heavy atom. The first-order chi connectivity index (χ1) is 10.7. The molecule has 0 saturated heterocycles. The van der Waals surface area contributed by atoms with Gasteiger partial charge in [-0.05, 0) is 58.7 Å². The quantitative estimate of drug-likeness (QED) is 0.742. The van der Waals surface area contributed by atoms with Crippen LogP contribution in [0.5, 0.6) is 0 Å². The molecule has 0 heterocycles. The Bertz CT molecular complexity index is 777. The van der Waals surface area contributed by atoms with Gasteiger partial charge in [-0.25, -0.2) is 0 Å². The van der Waals surface area contributed by atoms with Crippen LogP contribution in [-0.2, 0) is 17.4 Å². The van der Waals surface area contributed by atoms with Crippen molar-refractivity contribution >= 4 is 11.4 Å². The second-order valence-electron chi connectivity index (χ2n) is 7.79. The second-order valence-corrected chi connectivity index (χ2v) is 7.79. The Labute approximate surface area is 138 Å². The van der Waals surface area contributed by atoms with E-state index in [1.165, 1.54) is 22.3 Å². The summed E-state index contributed by atoms with van der Waals surface area (Å²) in [6, 6.07) is 10.7. The Morgan fingerprint density at radius 3 is 2.30 bits per heavy atom. The summed E-state index contributed by atoms with van der Waals surface area (Å²) in [6.07, 6.45) is 1.02. The summed E-state index contributed by atoms with van der Waals surface area (Å²) in [7, 11) is 0. The molecule has 1 unspecified atom stereocenters. The number of nitrogen functional groups attached to an aromatic ring is 2. The lowest BCUT2D eigenvalue weighted by Crippen LogP contribution is -2.24. The fraction of sp³-hybridized carbons (Fsp3) is 0.400. The SMILES string of the molecule is Cc1cc(N)c2c(c1)C(C)(c1ccc(CN)c(N)c1)CC2(C)C. The van der Waals surface area contributed by atoms with Gasteiger partial charge < -0.3 is 17.2 Å². The lowest BCUT2D eigenvalue weighted by Gasteiger charge is -2.29. The molecule has 23 heavy (non-hydrogen) atoms. The molecule has 3 nitrogen and oxygen atoms in total. The molecule has 1 aliphatic carbocycles. The number of anilines is 2. The molecule has 0 radical (unpaired) electrons. The first-order valence-corrected chi connectivity index (χ1v) is 8.19. The molecule has 0 aromatic heterocycles. The Morgan fingerprint density at radius 1 is 1.00 bits per heavy atom. The number of nitrogens with two attached hydrogens (primary N) is 3. The number of fused-ring (bicyclic) bond motifs is 1. The van der Waals surface area contributed by atoms with Crippen molar-refractivity contribution in [3.05, 3.63) is 58.1 Å². The summed E-state index contributed by atoms with van der Waals surface area (Å²) in [5.41, 5.74) is 26.0. The lowest BCUT2D eigenvalue weighted by molar-refractivity contribution is 0.425. The summed E-state index contributed by atoms with van der Waals surface area (Å²) in [5, 5.41) is 0. The van der Waals surface area contributed by atoms with Crippen LogP contribution in [0.4, 0.5) is 11.4 Å². The van der Waals surface area contributed by atoms with Gasteiger partial charge in [0.15, 0.2) is 0 Å². The molecule has 6 N–H and O–H groups in total. The van der Waals surface area contributed by atoms with Crippen LogP contribution in [0, 0.1) is 6.92 Å². The predicted molar refractivity (Wildman–Crippen MR) is 98.4 cm³/mol. The lowest BCUT2D eigenvalue weighted by atomic mass is 9.74. The van der Waals surface area contributed by atoms with Crippen molar-refractivity contribution in [1.82, 2.24) is 0 Å². The highest BCUT2D eigenvalue weighted by Crippen LogP contribution is 2.55. The summed E-state index contributed by atoms with van der Waals surface area (Å²) in [4.78, 5) is 0. The number of hydrogen-bond acceptors (Lipinski definition) is 3. The van der Waals surface area contributed by atoms with Crippen molar-refractivity contribution in [2.45, 2.75) is 51.5 Å². The van der Waals surface area contributed by atoms with Crippen LogP contribution in [0.3, 0.4) is 0 Å². The van der Waals surface area contributed by atoms with Crippen molar-refractivity contribution in [2.24, 2.45) is 5.73 Å². The smallest absolute Gasteiger partial charge is 0.0362 e. The second kappa shape index (κ2) is 5.00. The maximum absolute atomic E-state index is 6.38. The third kappa shape index (κ3) is 2.31. The van der Waals surface area contributed by atoms with Crippen LogP contribution in [-0.4, -0.2) is 0 Å². The van der Waals surface area contributed by atoms with Crippen LogP contribution in [0.25, 0.3) is 0 Å². The molecule has 0 aliphatic heterocycles. The van der Waals surface area contributed by atoms with E-state index in [1.54, 1.807) is 0 Å². The normalized spacial score (nSPS) is 22.1. The molecule has 0 saturated carbocycles. The van der Waals surface area contributed by atoms with Crippen LogP contribution < -0.4 is 17.2 Å². The fourth-order valence-corrected chi connectivity index (χ4v) is 4.45. The summed E-state index contributed by atoms with van der Waals surface area (Å²) in [5.74, 6) is 0. The molecule has 0 bridgehead atoms. The Hall–Kier alpha value is -2.00. The first-order valence-electron chi connectivity index (χ1n) is 8.19. The van der Waals surface area contributed by atoms with Gasteiger partial charge in [-0.15, -0.1) is 0 Å². The first kappa shape index (κ1) is 15.9. The molecule has 2 aromatic carbocycles. The van der Waals surface area contributed by atoms with Crippen LogP contribution in [0.15, 0.2) is 30.3 Å². The van der Waals surface area contributed by atoms with Crippen molar-refractivity contribution < 1.29 is 0 Å². The summed E-state index contributed by atoms with van der Waals surface area (Å²) in [6.45, 7) is 9.43. The molecular weight excluding hydrogens is 282 g/mol. The molecule has 3 heteroatoms. The minimum Gasteiger partial charge on any atom is -0.398 e. The summed E-state index contributed by atoms with van der Waals surface area (Å²) < 4.78 is 0. The molecule has 1 aliphatic rings. The van der Waals surface area contributed by atoms with Crippen molar-refractivity contribution in [2.75, 3.05) is 11.5 Å². The van der Waals surface area contributed by atoms with Crippen LogP contribution in [0.2, 0.25) is 0 Å². The third-order valence-electron chi connectivity index (χ3n) is 5.38. The molecule has 2 aromatic rings. The van der Waals surface area contributed by atoms with Crippen LogP contribution >= 0.6 is 0 Å². The molecule has 0 amide bonds. The number of aryl methyl sites for hydroxylation is 1. The van der Waals surface area contributed by atoms with Crippen molar-refractivity contribution in [3.8, 4) is 0 Å². The number of benzene rings is 2. The minimum absolute atomic E-state index is 0.0448. The van der Waals surface area contributed by atoms with E-state index in [-0.39, 0.29) is 10.8 Å². The number of hydrogen-bond donors (Lipinski definition) is 3. The fourth-order valence-electron chi connectivity index (χ4n) is 4.45. The highest BCUT2D eigenvalue weighted by Gasteiger charge is 2.47. The zero-order valence-corrected chi connectivity index (χ0v) is 14.5. The average molecular weight is 309 g/mol. The predicted octanol–water partition coefficient (Wildman–Crippen LogP) is 3.61. The summed E-state index contributed by atoms with van der Waals surface area (Å²) >= 11 is 0. The van der Waals surface area contributed by atoms with Gasteiger partial charge >= 0.3 is 0 Å². The highest BCUT2D eigenvalue weighted by atomic mass is 14.6. The van der Waals surface area contributed by atoms with Crippen molar-refractivity contribution in [3.63, 3.8) is 0 Å². The Kier molecular flexibility index (Phi) is 3.45. The maximum atomic E-state index is 6.38. The van der Waals surface area contributed by atoms with E-state index in [0.29, 0.717) is 6.54 Å². The minimum atomic E-state index is -0.0831. The maximum Gasteiger partial charge on any atom is 0.0362 e. The van der Waals surface area contributed by atoms with Gasteiger partial charge in [0.05, 0.1) is 0 Å². The van der Waals surface area contributed by atoms with Gasteiger partial charge in [0.2, 0.25) is 0 Å².